The first-order valence-electron chi connectivity index (χ1n) is 7.42. The van der Waals surface area contributed by atoms with Gasteiger partial charge in [-0.1, -0.05) is 31.2 Å². The lowest BCUT2D eigenvalue weighted by atomic mass is 10.1. The Morgan fingerprint density at radius 2 is 2.14 bits per heavy atom. The molecule has 1 heterocycles. The van der Waals surface area contributed by atoms with E-state index in [1.807, 2.05) is 26.1 Å². The third-order valence-electron chi connectivity index (χ3n) is 3.43. The summed E-state index contributed by atoms with van der Waals surface area (Å²) < 4.78 is 4.99. The molecule has 1 unspecified atom stereocenters. The van der Waals surface area contributed by atoms with Crippen LogP contribution < -0.4 is 5.32 Å². The maximum atomic E-state index is 11.5. The third-order valence-corrected chi connectivity index (χ3v) is 3.43. The Bertz CT molecular complexity index is 593. The molecule has 2 aromatic rings. The molecule has 0 aliphatic rings. The Balaban J connectivity index is 1.84. The molecule has 1 N–H and O–H groups in total. The normalized spacial score (nSPS) is 12.3. The number of aromatic nitrogens is 1. The van der Waals surface area contributed by atoms with Crippen molar-refractivity contribution in [3.05, 3.63) is 42.1 Å². The van der Waals surface area contributed by atoms with Crippen LogP contribution in [0.15, 0.2) is 36.5 Å². The lowest BCUT2D eigenvalue weighted by Crippen LogP contribution is -2.29. The molecule has 0 saturated heterocycles. The lowest BCUT2D eigenvalue weighted by molar-refractivity contribution is -0.147. The van der Waals surface area contributed by atoms with Gasteiger partial charge >= 0.3 is 5.97 Å². The van der Waals surface area contributed by atoms with Gasteiger partial charge in [0.05, 0.1) is 18.0 Å². The topological polar surface area (TPSA) is 51.2 Å². The molecule has 0 aliphatic carbocycles. The molecular formula is C17H22N2O2. The standard InChI is InChI=1S/C17H22N2O2/c1-3-21-17(20)13(2)12-18-11-9-15-7-4-6-14-8-5-10-19-16(14)15/h4-8,10,13,18H,3,9,11-12H2,1-2H3. The van der Waals surface area contributed by atoms with E-state index in [0.29, 0.717) is 13.2 Å². The number of pyridine rings is 1. The van der Waals surface area contributed by atoms with Crippen LogP contribution >= 0.6 is 0 Å². The van der Waals surface area contributed by atoms with E-state index in [2.05, 4.69) is 34.6 Å². The van der Waals surface area contributed by atoms with Gasteiger partial charge < -0.3 is 10.1 Å². The molecule has 0 saturated carbocycles. The van der Waals surface area contributed by atoms with Crippen molar-refractivity contribution in [2.75, 3.05) is 19.7 Å². The number of esters is 1. The number of fused-ring (bicyclic) bond motifs is 1. The molecule has 1 aromatic carbocycles. The number of ether oxygens (including phenoxy) is 1. The minimum atomic E-state index is -0.142. The molecular weight excluding hydrogens is 264 g/mol. The number of para-hydroxylation sites is 1. The van der Waals surface area contributed by atoms with Crippen LogP contribution in [-0.4, -0.2) is 30.6 Å². The summed E-state index contributed by atoms with van der Waals surface area (Å²) in [6, 6.07) is 10.3. The zero-order valence-electron chi connectivity index (χ0n) is 12.6. The van der Waals surface area contributed by atoms with Crippen LogP contribution in [0.3, 0.4) is 0 Å². The average Bonchev–Trinajstić information content (AvgIpc) is 2.51. The first-order chi connectivity index (χ1) is 10.2. The van der Waals surface area contributed by atoms with Crippen molar-refractivity contribution in [2.45, 2.75) is 20.3 Å². The first-order valence-corrected chi connectivity index (χ1v) is 7.42. The minimum Gasteiger partial charge on any atom is -0.466 e. The number of carbonyl (C=O) groups excluding carboxylic acids is 1. The number of carbonyl (C=O) groups is 1. The fourth-order valence-corrected chi connectivity index (χ4v) is 2.28. The summed E-state index contributed by atoms with van der Waals surface area (Å²) in [5.74, 6) is -0.257. The van der Waals surface area contributed by atoms with Crippen molar-refractivity contribution in [3.8, 4) is 0 Å². The largest absolute Gasteiger partial charge is 0.466 e. The van der Waals surface area contributed by atoms with E-state index in [1.165, 1.54) is 5.56 Å². The van der Waals surface area contributed by atoms with Crippen molar-refractivity contribution in [2.24, 2.45) is 5.92 Å². The molecule has 0 aliphatic heterocycles. The summed E-state index contributed by atoms with van der Waals surface area (Å²) in [6.07, 6.45) is 2.71. The fraction of sp³-hybridized carbons (Fsp3) is 0.412. The zero-order chi connectivity index (χ0) is 15.1. The summed E-state index contributed by atoms with van der Waals surface area (Å²) >= 11 is 0. The highest BCUT2D eigenvalue weighted by atomic mass is 16.5. The molecule has 0 amide bonds. The van der Waals surface area contributed by atoms with Gasteiger partial charge in [0.25, 0.3) is 0 Å². The number of nitrogens with one attached hydrogen (secondary N) is 1. The fourth-order valence-electron chi connectivity index (χ4n) is 2.28. The van der Waals surface area contributed by atoms with E-state index in [1.54, 1.807) is 0 Å². The number of benzene rings is 1. The Hall–Kier alpha value is -1.94. The summed E-state index contributed by atoms with van der Waals surface area (Å²) in [5, 5.41) is 4.47. The highest BCUT2D eigenvalue weighted by molar-refractivity contribution is 5.81. The maximum absolute atomic E-state index is 11.5. The van der Waals surface area contributed by atoms with E-state index in [-0.39, 0.29) is 11.9 Å². The van der Waals surface area contributed by atoms with Crippen molar-refractivity contribution in [1.29, 1.82) is 0 Å². The molecule has 112 valence electrons. The van der Waals surface area contributed by atoms with Gasteiger partial charge in [0, 0.05) is 18.1 Å². The second kappa shape index (κ2) is 7.74. The average molecular weight is 286 g/mol. The second-order valence-electron chi connectivity index (χ2n) is 5.10. The van der Waals surface area contributed by atoms with Gasteiger partial charge in [0.15, 0.2) is 0 Å². The smallest absolute Gasteiger partial charge is 0.309 e. The monoisotopic (exact) mass is 286 g/mol. The summed E-state index contributed by atoms with van der Waals surface area (Å²) in [6.45, 7) is 5.59. The quantitative estimate of drug-likeness (QED) is 0.628. The molecule has 21 heavy (non-hydrogen) atoms. The first kappa shape index (κ1) is 15.4. The molecule has 0 spiro atoms. The van der Waals surface area contributed by atoms with Crippen LogP contribution in [0, 0.1) is 5.92 Å². The predicted molar refractivity (Wildman–Crippen MR) is 84.1 cm³/mol. The molecule has 0 radical (unpaired) electrons. The Labute approximate surface area is 125 Å². The molecule has 1 atom stereocenters. The lowest BCUT2D eigenvalue weighted by Gasteiger charge is -2.12. The summed E-state index contributed by atoms with van der Waals surface area (Å²) in [4.78, 5) is 16.0. The SMILES string of the molecule is CCOC(=O)C(C)CNCCc1cccc2cccnc12. The van der Waals surface area contributed by atoms with E-state index in [9.17, 15) is 4.79 Å². The second-order valence-corrected chi connectivity index (χ2v) is 5.10. The minimum absolute atomic E-state index is 0.115. The zero-order valence-corrected chi connectivity index (χ0v) is 12.6. The Kier molecular flexibility index (Phi) is 5.69. The van der Waals surface area contributed by atoms with Crippen LogP contribution in [0.1, 0.15) is 19.4 Å². The van der Waals surface area contributed by atoms with Gasteiger partial charge in [-0.25, -0.2) is 0 Å². The molecule has 0 bridgehead atoms. The number of rotatable bonds is 7. The van der Waals surface area contributed by atoms with Crippen LogP contribution in [-0.2, 0) is 16.0 Å². The van der Waals surface area contributed by atoms with Gasteiger partial charge in [0.2, 0.25) is 0 Å². The number of nitrogens with zero attached hydrogens (tertiary/aromatic N) is 1. The summed E-state index contributed by atoms with van der Waals surface area (Å²) in [7, 11) is 0. The van der Waals surface area contributed by atoms with Gasteiger partial charge in [0.1, 0.15) is 0 Å². The van der Waals surface area contributed by atoms with Gasteiger partial charge in [-0.05, 0) is 31.5 Å². The molecule has 2 rings (SSSR count). The van der Waals surface area contributed by atoms with Crippen molar-refractivity contribution in [1.82, 2.24) is 10.3 Å². The molecule has 1 aromatic heterocycles. The van der Waals surface area contributed by atoms with Crippen LogP contribution in [0.4, 0.5) is 0 Å². The number of hydrogen-bond acceptors (Lipinski definition) is 4. The van der Waals surface area contributed by atoms with Crippen molar-refractivity contribution < 1.29 is 9.53 Å². The van der Waals surface area contributed by atoms with Crippen molar-refractivity contribution in [3.63, 3.8) is 0 Å². The molecule has 4 nitrogen and oxygen atoms in total. The predicted octanol–water partition coefficient (Wildman–Crippen LogP) is 2.57. The van der Waals surface area contributed by atoms with Crippen molar-refractivity contribution >= 4 is 16.9 Å². The van der Waals surface area contributed by atoms with Crippen LogP contribution in [0.5, 0.6) is 0 Å². The van der Waals surface area contributed by atoms with E-state index in [4.69, 9.17) is 4.74 Å². The van der Waals surface area contributed by atoms with Crippen LogP contribution in [0.25, 0.3) is 10.9 Å². The van der Waals surface area contributed by atoms with E-state index >= 15 is 0 Å². The van der Waals surface area contributed by atoms with Gasteiger partial charge in [-0.2, -0.15) is 0 Å². The van der Waals surface area contributed by atoms with Gasteiger partial charge in [-0.3, -0.25) is 9.78 Å². The van der Waals surface area contributed by atoms with Crippen LogP contribution in [0.2, 0.25) is 0 Å². The Morgan fingerprint density at radius 3 is 2.95 bits per heavy atom. The van der Waals surface area contributed by atoms with E-state index in [0.717, 1.165) is 23.9 Å². The summed E-state index contributed by atoms with van der Waals surface area (Å²) in [5.41, 5.74) is 2.28. The van der Waals surface area contributed by atoms with Gasteiger partial charge in [-0.15, -0.1) is 0 Å². The maximum Gasteiger partial charge on any atom is 0.309 e. The molecule has 0 fully saturated rings. The highest BCUT2D eigenvalue weighted by Gasteiger charge is 2.12. The highest BCUT2D eigenvalue weighted by Crippen LogP contribution is 2.15. The van der Waals surface area contributed by atoms with E-state index < -0.39 is 0 Å². The Morgan fingerprint density at radius 1 is 1.33 bits per heavy atom. The number of hydrogen-bond donors (Lipinski definition) is 1. The third kappa shape index (κ3) is 4.26. The molecule has 4 heteroatoms.